The van der Waals surface area contributed by atoms with E-state index in [2.05, 4.69) is 15.8 Å². The summed E-state index contributed by atoms with van der Waals surface area (Å²) in [5.41, 5.74) is 0. The molecule has 2 amide bonds. The second kappa shape index (κ2) is 6.60. The molecule has 0 rings (SSSR count). The number of likely N-dealkylation sites (N-methyl/N-ethyl adjacent to an activating group) is 1. The zero-order valence-corrected chi connectivity index (χ0v) is 8.02. The number of amides is 2. The first-order chi connectivity index (χ1) is 7.01. The van der Waals surface area contributed by atoms with Crippen LogP contribution in [0, 0.1) is 4.91 Å². The summed E-state index contributed by atoms with van der Waals surface area (Å²) in [6.45, 7) is -0.515. The number of nitrogens with zero attached hydrogens (tertiary/aromatic N) is 1. The van der Waals surface area contributed by atoms with E-state index in [0.29, 0.717) is 0 Å². The summed E-state index contributed by atoms with van der Waals surface area (Å²) < 4.78 is 0. The van der Waals surface area contributed by atoms with Crippen molar-refractivity contribution in [2.75, 3.05) is 13.6 Å². The molecule has 0 fully saturated rings. The topological polar surface area (TPSA) is 125 Å². The predicted octanol–water partition coefficient (Wildman–Crippen LogP) is -1.54. The maximum atomic E-state index is 11.0. The number of rotatable bonds is 6. The second-order valence-electron chi connectivity index (χ2n) is 2.65. The maximum absolute atomic E-state index is 11.0. The molecule has 0 aliphatic heterocycles. The first-order valence-corrected chi connectivity index (χ1v) is 4.04. The number of nitroso groups, excluding NO2 is 1. The Balaban J connectivity index is 3.96. The van der Waals surface area contributed by atoms with Gasteiger partial charge < -0.3 is 15.7 Å². The van der Waals surface area contributed by atoms with Crippen LogP contribution in [0.15, 0.2) is 5.18 Å². The van der Waals surface area contributed by atoms with Crippen molar-refractivity contribution >= 4 is 17.8 Å². The van der Waals surface area contributed by atoms with E-state index in [0.717, 1.165) is 0 Å². The third kappa shape index (κ3) is 5.47. The van der Waals surface area contributed by atoms with Crippen LogP contribution in [-0.4, -0.2) is 42.5 Å². The molecule has 8 heteroatoms. The van der Waals surface area contributed by atoms with E-state index in [4.69, 9.17) is 5.11 Å². The molecule has 0 aromatic carbocycles. The molecule has 0 saturated heterocycles. The van der Waals surface area contributed by atoms with Gasteiger partial charge in [0.05, 0.1) is 6.42 Å². The lowest BCUT2D eigenvalue weighted by Gasteiger charge is -2.09. The SMILES string of the molecule is CNC(CC(=O)NCC(=O)N=O)C(=O)O. The van der Waals surface area contributed by atoms with Gasteiger partial charge in [0.1, 0.15) is 12.6 Å². The molecule has 84 valence electrons. The van der Waals surface area contributed by atoms with Crippen molar-refractivity contribution in [2.24, 2.45) is 5.18 Å². The Hall–Kier alpha value is -1.83. The molecule has 1 unspecified atom stereocenters. The average Bonchev–Trinajstić information content (AvgIpc) is 2.21. The van der Waals surface area contributed by atoms with Crippen LogP contribution in [0.4, 0.5) is 0 Å². The Morgan fingerprint density at radius 1 is 1.40 bits per heavy atom. The minimum atomic E-state index is -1.17. The monoisotopic (exact) mass is 217 g/mol. The average molecular weight is 217 g/mol. The summed E-state index contributed by atoms with van der Waals surface area (Å²) >= 11 is 0. The first-order valence-electron chi connectivity index (χ1n) is 4.04. The summed E-state index contributed by atoms with van der Waals surface area (Å²) in [6.07, 6.45) is -0.321. The van der Waals surface area contributed by atoms with Gasteiger partial charge in [0, 0.05) is 5.18 Å². The normalized spacial score (nSPS) is 11.5. The van der Waals surface area contributed by atoms with Gasteiger partial charge in [0.25, 0.3) is 0 Å². The van der Waals surface area contributed by atoms with Gasteiger partial charge in [-0.15, -0.1) is 4.91 Å². The standard InChI is InChI=1S/C7H11N3O5/c1-8-4(7(13)14)2-5(11)9-3-6(12)10-15/h4,8H,2-3H2,1H3,(H,9,11)(H,13,14). The van der Waals surface area contributed by atoms with Gasteiger partial charge in [-0.25, -0.2) is 0 Å². The molecule has 0 heterocycles. The number of carboxylic acid groups (broad SMARTS) is 1. The maximum Gasteiger partial charge on any atom is 0.321 e. The molecule has 3 N–H and O–H groups in total. The number of nitrogens with one attached hydrogen (secondary N) is 2. The third-order valence-corrected chi connectivity index (χ3v) is 1.57. The zero-order valence-electron chi connectivity index (χ0n) is 8.02. The molecule has 8 nitrogen and oxygen atoms in total. The fourth-order valence-electron chi connectivity index (χ4n) is 0.777. The van der Waals surface area contributed by atoms with Crippen molar-refractivity contribution in [3.8, 4) is 0 Å². The van der Waals surface area contributed by atoms with Crippen LogP contribution in [0.25, 0.3) is 0 Å². The summed E-state index contributed by atoms with van der Waals surface area (Å²) in [4.78, 5) is 41.5. The number of hydrogen-bond donors (Lipinski definition) is 3. The summed E-state index contributed by atoms with van der Waals surface area (Å²) in [6, 6.07) is -1.02. The van der Waals surface area contributed by atoms with Crippen molar-refractivity contribution < 1.29 is 19.5 Å². The highest BCUT2D eigenvalue weighted by molar-refractivity contribution is 5.88. The van der Waals surface area contributed by atoms with Crippen LogP contribution >= 0.6 is 0 Å². The van der Waals surface area contributed by atoms with Crippen LogP contribution in [0.5, 0.6) is 0 Å². The lowest BCUT2D eigenvalue weighted by atomic mass is 10.2. The molecule has 0 radical (unpaired) electrons. The fourth-order valence-corrected chi connectivity index (χ4v) is 0.777. The number of hydrogen-bond acceptors (Lipinski definition) is 5. The van der Waals surface area contributed by atoms with Crippen LogP contribution in [0.3, 0.4) is 0 Å². The molecule has 0 bridgehead atoms. The van der Waals surface area contributed by atoms with Gasteiger partial charge in [-0.1, -0.05) is 0 Å². The van der Waals surface area contributed by atoms with Crippen LogP contribution in [0.2, 0.25) is 0 Å². The van der Waals surface area contributed by atoms with E-state index in [1.165, 1.54) is 7.05 Å². The first kappa shape index (κ1) is 13.2. The van der Waals surface area contributed by atoms with Crippen molar-refractivity contribution in [3.63, 3.8) is 0 Å². The van der Waals surface area contributed by atoms with Gasteiger partial charge >= 0.3 is 11.9 Å². The van der Waals surface area contributed by atoms with Crippen molar-refractivity contribution in [3.05, 3.63) is 4.91 Å². The molecule has 0 saturated carbocycles. The van der Waals surface area contributed by atoms with Crippen LogP contribution in [0.1, 0.15) is 6.42 Å². The molecule has 0 spiro atoms. The number of carbonyl (C=O) groups is 3. The molecule has 0 aromatic heterocycles. The predicted molar refractivity (Wildman–Crippen MR) is 48.9 cm³/mol. The van der Waals surface area contributed by atoms with E-state index in [9.17, 15) is 19.3 Å². The smallest absolute Gasteiger partial charge is 0.321 e. The number of aliphatic carboxylic acids is 1. The van der Waals surface area contributed by atoms with Crippen LogP contribution in [-0.2, 0) is 14.4 Å². The van der Waals surface area contributed by atoms with Gasteiger partial charge in [-0.05, 0) is 7.05 Å². The lowest BCUT2D eigenvalue weighted by Crippen LogP contribution is -2.40. The largest absolute Gasteiger partial charge is 0.480 e. The Kier molecular flexibility index (Phi) is 5.79. The van der Waals surface area contributed by atoms with Crippen LogP contribution < -0.4 is 10.6 Å². The van der Waals surface area contributed by atoms with E-state index < -0.39 is 30.4 Å². The number of carboxylic acids is 1. The molecule has 15 heavy (non-hydrogen) atoms. The molecule has 0 aliphatic carbocycles. The molecular weight excluding hydrogens is 206 g/mol. The minimum Gasteiger partial charge on any atom is -0.480 e. The van der Waals surface area contributed by atoms with E-state index >= 15 is 0 Å². The lowest BCUT2D eigenvalue weighted by molar-refractivity contribution is -0.141. The third-order valence-electron chi connectivity index (χ3n) is 1.57. The van der Waals surface area contributed by atoms with Crippen molar-refractivity contribution in [2.45, 2.75) is 12.5 Å². The summed E-state index contributed by atoms with van der Waals surface area (Å²) in [5, 5.41) is 15.1. The highest BCUT2D eigenvalue weighted by Gasteiger charge is 2.19. The van der Waals surface area contributed by atoms with Gasteiger partial charge in [-0.3, -0.25) is 14.4 Å². The second-order valence-corrected chi connectivity index (χ2v) is 2.65. The summed E-state index contributed by atoms with van der Waals surface area (Å²) in [5.74, 6) is -2.83. The Bertz CT molecular complexity index is 278. The molecular formula is C7H11N3O5. The van der Waals surface area contributed by atoms with Gasteiger partial charge in [0.2, 0.25) is 5.91 Å². The fraction of sp³-hybridized carbons (Fsp3) is 0.571. The Labute approximate surface area is 85.0 Å². The quantitative estimate of drug-likeness (QED) is 0.463. The molecule has 0 aliphatic rings. The number of carbonyl (C=O) groups excluding carboxylic acids is 2. The van der Waals surface area contributed by atoms with Crippen molar-refractivity contribution in [1.82, 2.24) is 10.6 Å². The van der Waals surface area contributed by atoms with Crippen molar-refractivity contribution in [1.29, 1.82) is 0 Å². The van der Waals surface area contributed by atoms with Gasteiger partial charge in [-0.2, -0.15) is 0 Å². The van der Waals surface area contributed by atoms with Gasteiger partial charge in [0.15, 0.2) is 0 Å². The van der Waals surface area contributed by atoms with E-state index in [-0.39, 0.29) is 6.42 Å². The zero-order chi connectivity index (χ0) is 11.8. The minimum absolute atomic E-state index is 0.321. The molecule has 1 atom stereocenters. The Morgan fingerprint density at radius 2 is 2.00 bits per heavy atom. The highest BCUT2D eigenvalue weighted by Crippen LogP contribution is 1.91. The van der Waals surface area contributed by atoms with E-state index in [1.54, 1.807) is 0 Å². The van der Waals surface area contributed by atoms with E-state index in [1.807, 2.05) is 0 Å². The highest BCUT2D eigenvalue weighted by atomic mass is 16.4. The molecule has 0 aromatic rings. The summed E-state index contributed by atoms with van der Waals surface area (Å²) in [7, 11) is 1.39. The Morgan fingerprint density at radius 3 is 2.40 bits per heavy atom.